The number of esters is 1. The zero-order valence-corrected chi connectivity index (χ0v) is 15.1. The second-order valence-corrected chi connectivity index (χ2v) is 6.40. The quantitative estimate of drug-likeness (QED) is 0.384. The van der Waals surface area contributed by atoms with E-state index in [2.05, 4.69) is 15.3 Å². The summed E-state index contributed by atoms with van der Waals surface area (Å²) in [6, 6.07) is 7.30. The molecular weight excluding hydrogens is 358 g/mol. The van der Waals surface area contributed by atoms with Crippen LogP contribution in [0.4, 0.5) is 5.69 Å². The first-order chi connectivity index (χ1) is 12.4. The normalized spacial score (nSPS) is 11.6. The molecule has 0 spiro atoms. The molecule has 0 bridgehead atoms. The summed E-state index contributed by atoms with van der Waals surface area (Å²) in [6.07, 6.45) is 0.483. The van der Waals surface area contributed by atoms with Crippen molar-refractivity contribution in [2.24, 2.45) is 0 Å². The minimum atomic E-state index is -0.523. The Hall–Kier alpha value is -2.81. The fourth-order valence-corrected chi connectivity index (χ4v) is 2.97. The fraction of sp³-hybridized carbons (Fsp3) is 0.294. The molecule has 3 N–H and O–H groups in total. The van der Waals surface area contributed by atoms with Crippen molar-refractivity contribution < 1.29 is 19.4 Å². The molecule has 9 heteroatoms. The summed E-state index contributed by atoms with van der Waals surface area (Å²) in [6.45, 7) is 3.84. The molecule has 8 nitrogen and oxygen atoms in total. The topological polar surface area (TPSA) is 121 Å². The Labute approximate surface area is 154 Å². The van der Waals surface area contributed by atoms with Gasteiger partial charge in [0.25, 0.3) is 5.56 Å². The minimum absolute atomic E-state index is 0.162. The van der Waals surface area contributed by atoms with Crippen molar-refractivity contribution in [3.05, 3.63) is 46.2 Å². The number of carbonyl (C=O) groups is 2. The molecule has 1 unspecified atom stereocenters. The summed E-state index contributed by atoms with van der Waals surface area (Å²) in [5, 5.41) is 11.8. The van der Waals surface area contributed by atoms with Gasteiger partial charge in [0, 0.05) is 5.69 Å². The molecule has 0 fully saturated rings. The Morgan fingerprint density at radius 1 is 1.31 bits per heavy atom. The molecule has 1 atom stereocenters. The third-order valence-corrected chi connectivity index (χ3v) is 4.54. The molecule has 1 aromatic heterocycles. The number of aromatic amines is 1. The molecule has 0 saturated carbocycles. The number of thioether (sulfide) groups is 1. The van der Waals surface area contributed by atoms with Crippen molar-refractivity contribution in [1.29, 1.82) is 0 Å². The highest BCUT2D eigenvalue weighted by molar-refractivity contribution is 8.00. The summed E-state index contributed by atoms with van der Waals surface area (Å²) >= 11 is 1.05. The van der Waals surface area contributed by atoms with Crippen LogP contribution in [0.2, 0.25) is 0 Å². The molecule has 2 aromatic rings. The number of nitrogens with zero attached hydrogens (tertiary/aromatic N) is 1. The highest BCUT2D eigenvalue weighted by atomic mass is 32.2. The van der Waals surface area contributed by atoms with Crippen LogP contribution in [0.1, 0.15) is 30.6 Å². The lowest BCUT2D eigenvalue weighted by atomic mass is 10.2. The van der Waals surface area contributed by atoms with E-state index in [0.29, 0.717) is 17.7 Å². The largest absolute Gasteiger partial charge is 0.493 e. The van der Waals surface area contributed by atoms with Crippen LogP contribution in [0.25, 0.3) is 0 Å². The van der Waals surface area contributed by atoms with Crippen LogP contribution in [0.3, 0.4) is 0 Å². The predicted molar refractivity (Wildman–Crippen MR) is 97.5 cm³/mol. The maximum absolute atomic E-state index is 12.4. The molecule has 1 aromatic carbocycles. The van der Waals surface area contributed by atoms with Crippen molar-refractivity contribution in [3.8, 4) is 5.88 Å². The summed E-state index contributed by atoms with van der Waals surface area (Å²) < 4.78 is 4.90. The number of H-pyrrole nitrogens is 1. The zero-order valence-electron chi connectivity index (χ0n) is 14.3. The van der Waals surface area contributed by atoms with Crippen molar-refractivity contribution >= 4 is 29.3 Å². The van der Waals surface area contributed by atoms with Gasteiger partial charge in [-0.1, -0.05) is 18.7 Å². The van der Waals surface area contributed by atoms with E-state index in [1.165, 1.54) is 0 Å². The minimum Gasteiger partial charge on any atom is -0.493 e. The molecule has 0 radical (unpaired) electrons. The summed E-state index contributed by atoms with van der Waals surface area (Å²) in [5.41, 5.74) is 0.428. The van der Waals surface area contributed by atoms with E-state index in [0.717, 1.165) is 17.8 Å². The van der Waals surface area contributed by atoms with E-state index in [1.54, 1.807) is 31.2 Å². The average molecular weight is 377 g/mol. The lowest BCUT2D eigenvalue weighted by molar-refractivity contribution is -0.115. The molecule has 26 heavy (non-hydrogen) atoms. The summed E-state index contributed by atoms with van der Waals surface area (Å²) in [7, 11) is 0. The Kier molecular flexibility index (Phi) is 6.79. The monoisotopic (exact) mass is 377 g/mol. The molecular formula is C17H19N3O5S. The standard InChI is InChI=1S/C17H19N3O5S/c1-3-12(26-17-19-13(21)9-14(22)20-17)15(23)18-11-7-5-10(6-8-11)16(24)25-4-2/h5-9,12H,3-4H2,1-2H3,(H,18,23)(H2,19,20,21,22). The van der Waals surface area contributed by atoms with E-state index in [1.807, 2.05) is 6.92 Å². The highest BCUT2D eigenvalue weighted by Crippen LogP contribution is 2.24. The van der Waals surface area contributed by atoms with Gasteiger partial charge in [-0.2, -0.15) is 4.98 Å². The van der Waals surface area contributed by atoms with Crippen molar-refractivity contribution in [2.45, 2.75) is 30.7 Å². The highest BCUT2D eigenvalue weighted by Gasteiger charge is 2.20. The van der Waals surface area contributed by atoms with E-state index in [9.17, 15) is 19.5 Å². The summed E-state index contributed by atoms with van der Waals surface area (Å²) in [5.74, 6) is -1.11. The molecule has 138 valence electrons. The SMILES string of the molecule is CCOC(=O)c1ccc(NC(=O)C(CC)Sc2nc(O)cc(=O)[nH]2)cc1. The predicted octanol–water partition coefficient (Wildman–Crippen LogP) is 2.16. The Balaban J connectivity index is 2.04. The van der Waals surface area contributed by atoms with Gasteiger partial charge in [-0.05, 0) is 37.6 Å². The number of ether oxygens (including phenoxy) is 1. The van der Waals surface area contributed by atoms with Gasteiger partial charge in [0.2, 0.25) is 11.8 Å². The fourth-order valence-electron chi connectivity index (χ4n) is 2.06. The smallest absolute Gasteiger partial charge is 0.338 e. The molecule has 1 heterocycles. The number of aromatic hydroxyl groups is 1. The van der Waals surface area contributed by atoms with Crippen LogP contribution in [-0.4, -0.2) is 38.8 Å². The lowest BCUT2D eigenvalue weighted by Gasteiger charge is -2.14. The molecule has 0 aliphatic heterocycles. The number of rotatable bonds is 7. The first-order valence-electron chi connectivity index (χ1n) is 7.98. The van der Waals surface area contributed by atoms with E-state index in [-0.39, 0.29) is 17.7 Å². The van der Waals surface area contributed by atoms with Gasteiger partial charge < -0.3 is 20.1 Å². The zero-order chi connectivity index (χ0) is 19.1. The molecule has 0 aliphatic rings. The third kappa shape index (κ3) is 5.35. The number of anilines is 1. The first-order valence-corrected chi connectivity index (χ1v) is 8.86. The molecule has 2 rings (SSSR count). The number of nitrogens with one attached hydrogen (secondary N) is 2. The first kappa shape index (κ1) is 19.5. The Morgan fingerprint density at radius 2 is 2.00 bits per heavy atom. The number of hydrogen-bond acceptors (Lipinski definition) is 7. The maximum atomic E-state index is 12.4. The molecule has 1 amide bonds. The summed E-state index contributed by atoms with van der Waals surface area (Å²) in [4.78, 5) is 41.7. The van der Waals surface area contributed by atoms with Gasteiger partial charge in [0.05, 0.1) is 23.5 Å². The van der Waals surface area contributed by atoms with Gasteiger partial charge in [0.1, 0.15) is 0 Å². The Bertz CT molecular complexity index is 835. The number of amides is 1. The number of benzene rings is 1. The molecule has 0 aliphatic carbocycles. The van der Waals surface area contributed by atoms with Crippen molar-refractivity contribution in [3.63, 3.8) is 0 Å². The van der Waals surface area contributed by atoms with Gasteiger partial charge in [-0.15, -0.1) is 0 Å². The van der Waals surface area contributed by atoms with Crippen LogP contribution in [-0.2, 0) is 9.53 Å². The van der Waals surface area contributed by atoms with Crippen LogP contribution < -0.4 is 10.9 Å². The maximum Gasteiger partial charge on any atom is 0.338 e. The van der Waals surface area contributed by atoms with Crippen LogP contribution in [0.5, 0.6) is 5.88 Å². The van der Waals surface area contributed by atoms with Crippen molar-refractivity contribution in [1.82, 2.24) is 9.97 Å². The number of carbonyl (C=O) groups excluding carboxylic acids is 2. The van der Waals surface area contributed by atoms with E-state index in [4.69, 9.17) is 4.74 Å². The van der Waals surface area contributed by atoms with Gasteiger partial charge in [-0.3, -0.25) is 9.59 Å². The van der Waals surface area contributed by atoms with Crippen LogP contribution in [0.15, 0.2) is 40.3 Å². The van der Waals surface area contributed by atoms with E-state index < -0.39 is 22.7 Å². The van der Waals surface area contributed by atoms with Gasteiger partial charge in [-0.25, -0.2) is 4.79 Å². The second kappa shape index (κ2) is 9.04. The van der Waals surface area contributed by atoms with E-state index >= 15 is 0 Å². The molecule has 0 saturated heterocycles. The number of aromatic nitrogens is 2. The van der Waals surface area contributed by atoms with Crippen molar-refractivity contribution in [2.75, 3.05) is 11.9 Å². The van der Waals surface area contributed by atoms with Crippen LogP contribution in [0, 0.1) is 0 Å². The second-order valence-electron chi connectivity index (χ2n) is 5.21. The average Bonchev–Trinajstić information content (AvgIpc) is 2.59. The Morgan fingerprint density at radius 3 is 2.58 bits per heavy atom. The van der Waals surface area contributed by atoms with Gasteiger partial charge >= 0.3 is 5.97 Å². The lowest BCUT2D eigenvalue weighted by Crippen LogP contribution is -2.25. The number of hydrogen-bond donors (Lipinski definition) is 3. The van der Waals surface area contributed by atoms with Crippen LogP contribution >= 0.6 is 11.8 Å². The third-order valence-electron chi connectivity index (χ3n) is 3.29. The van der Waals surface area contributed by atoms with Gasteiger partial charge in [0.15, 0.2) is 5.16 Å².